The summed E-state index contributed by atoms with van der Waals surface area (Å²) in [4.78, 5) is 40.9. The normalized spacial score (nSPS) is 15.4. The number of hydrogen-bond donors (Lipinski definition) is 2. The van der Waals surface area contributed by atoms with Crippen LogP contribution >= 0.6 is 24.0 Å². The first kappa shape index (κ1) is 22.8. The maximum absolute atomic E-state index is 12.9. The Hall–Kier alpha value is -3.43. The maximum Gasteiger partial charge on any atom is 0.285 e. The number of rotatable bonds is 4. The third kappa shape index (κ3) is 5.15. The first-order valence-corrected chi connectivity index (χ1v) is 11.3. The average Bonchev–Trinajstić information content (AvgIpc) is 3.00. The molecule has 1 aliphatic heterocycles. The molecule has 33 heavy (non-hydrogen) atoms. The van der Waals surface area contributed by atoms with Gasteiger partial charge in [-0.3, -0.25) is 19.8 Å². The number of para-hydroxylation sites is 1. The van der Waals surface area contributed by atoms with Crippen molar-refractivity contribution in [2.45, 2.75) is 26.4 Å². The van der Waals surface area contributed by atoms with Crippen LogP contribution in [0.4, 0.5) is 0 Å². The van der Waals surface area contributed by atoms with Crippen molar-refractivity contribution in [2.75, 3.05) is 0 Å². The Bertz CT molecular complexity index is 1350. The Labute approximate surface area is 199 Å². The quantitative estimate of drug-likeness (QED) is 0.429. The Morgan fingerprint density at radius 3 is 2.52 bits per heavy atom. The molecule has 0 unspecified atom stereocenters. The summed E-state index contributed by atoms with van der Waals surface area (Å²) in [5, 5.41) is 1.59. The number of hydrazine groups is 1. The van der Waals surface area contributed by atoms with E-state index >= 15 is 0 Å². The lowest BCUT2D eigenvalue weighted by Crippen LogP contribution is -2.45. The highest BCUT2D eigenvalue weighted by atomic mass is 32.2. The zero-order chi connectivity index (χ0) is 23.8. The standard InChI is InChI=1S/C24H21N3O4S2/c1-24(2,3)31-15-10-8-14(9-11-15)12-19-22(30)27(23(32)33-19)26-21(29)17-13-20(28)25-18-7-5-4-6-16(17)18/h4-13H,1-3H3,(H,25,28)(H,26,29)/b19-12+. The number of hydrogen-bond acceptors (Lipinski definition) is 6. The van der Waals surface area contributed by atoms with E-state index in [9.17, 15) is 14.4 Å². The molecule has 1 fully saturated rings. The van der Waals surface area contributed by atoms with Crippen LogP contribution < -0.4 is 15.7 Å². The van der Waals surface area contributed by atoms with Gasteiger partial charge in [-0.25, -0.2) is 0 Å². The summed E-state index contributed by atoms with van der Waals surface area (Å²) in [7, 11) is 0. The minimum Gasteiger partial charge on any atom is -0.488 e. The minimum atomic E-state index is -0.599. The summed E-state index contributed by atoms with van der Waals surface area (Å²) in [5.74, 6) is -0.314. The summed E-state index contributed by atoms with van der Waals surface area (Å²) < 4.78 is 6.01. The number of carbonyl (C=O) groups is 2. The fourth-order valence-corrected chi connectivity index (χ4v) is 4.43. The van der Waals surface area contributed by atoms with E-state index in [1.165, 1.54) is 6.07 Å². The van der Waals surface area contributed by atoms with Crippen LogP contribution in [0.3, 0.4) is 0 Å². The second-order valence-corrected chi connectivity index (χ2v) is 10.0. The Balaban J connectivity index is 1.53. The number of nitrogens with one attached hydrogen (secondary N) is 2. The van der Waals surface area contributed by atoms with Gasteiger partial charge in [0.1, 0.15) is 11.4 Å². The van der Waals surface area contributed by atoms with E-state index in [-0.39, 0.29) is 15.5 Å². The highest BCUT2D eigenvalue weighted by molar-refractivity contribution is 8.26. The highest BCUT2D eigenvalue weighted by Gasteiger charge is 2.34. The van der Waals surface area contributed by atoms with Crippen molar-refractivity contribution in [3.8, 4) is 5.75 Å². The van der Waals surface area contributed by atoms with Crippen LogP contribution in [0.5, 0.6) is 5.75 Å². The molecule has 168 valence electrons. The van der Waals surface area contributed by atoms with E-state index in [0.29, 0.717) is 15.8 Å². The number of aromatic amines is 1. The van der Waals surface area contributed by atoms with E-state index in [1.807, 2.05) is 45.0 Å². The van der Waals surface area contributed by atoms with E-state index in [0.717, 1.165) is 28.1 Å². The number of pyridine rings is 1. The topological polar surface area (TPSA) is 91.5 Å². The number of H-pyrrole nitrogens is 1. The van der Waals surface area contributed by atoms with Gasteiger partial charge in [0.05, 0.1) is 10.5 Å². The highest BCUT2D eigenvalue weighted by Crippen LogP contribution is 2.32. The molecule has 1 saturated heterocycles. The molecular weight excluding hydrogens is 458 g/mol. The van der Waals surface area contributed by atoms with Crippen molar-refractivity contribution in [3.63, 3.8) is 0 Å². The first-order chi connectivity index (χ1) is 15.6. The number of nitrogens with zero attached hydrogens (tertiary/aromatic N) is 1. The lowest BCUT2D eigenvalue weighted by Gasteiger charge is -2.21. The molecule has 9 heteroatoms. The Morgan fingerprint density at radius 1 is 1.12 bits per heavy atom. The Kier molecular flexibility index (Phi) is 6.09. The fraction of sp³-hybridized carbons (Fsp3) is 0.167. The van der Waals surface area contributed by atoms with Crippen molar-refractivity contribution >= 4 is 57.1 Å². The summed E-state index contributed by atoms with van der Waals surface area (Å²) in [5.41, 5.74) is 3.29. The molecule has 1 aromatic heterocycles. The molecular formula is C24H21N3O4S2. The van der Waals surface area contributed by atoms with Crippen LogP contribution in [0, 0.1) is 0 Å². The number of amides is 2. The van der Waals surface area contributed by atoms with Gasteiger partial charge >= 0.3 is 0 Å². The number of ether oxygens (including phenoxy) is 1. The summed E-state index contributed by atoms with van der Waals surface area (Å²) in [6.07, 6.45) is 1.70. The van der Waals surface area contributed by atoms with Gasteiger partial charge in [-0.2, -0.15) is 5.01 Å². The molecule has 2 heterocycles. The second kappa shape index (κ2) is 8.84. The zero-order valence-electron chi connectivity index (χ0n) is 18.2. The van der Waals surface area contributed by atoms with Gasteiger partial charge in [0.15, 0.2) is 4.32 Å². The van der Waals surface area contributed by atoms with E-state index < -0.39 is 17.4 Å². The number of thiocarbonyl (C=S) groups is 1. The van der Waals surface area contributed by atoms with Gasteiger partial charge in [-0.1, -0.05) is 42.1 Å². The molecule has 2 N–H and O–H groups in total. The molecule has 1 aliphatic rings. The molecule has 4 rings (SSSR count). The third-order valence-corrected chi connectivity index (χ3v) is 5.91. The van der Waals surface area contributed by atoms with Crippen LogP contribution in [-0.2, 0) is 4.79 Å². The van der Waals surface area contributed by atoms with E-state index in [4.69, 9.17) is 17.0 Å². The SMILES string of the molecule is CC(C)(C)Oc1ccc(/C=C2/SC(=S)N(NC(=O)c3cc(=O)[nH]c4ccccc34)C2=O)cc1. The predicted molar refractivity (Wildman–Crippen MR) is 134 cm³/mol. The zero-order valence-corrected chi connectivity index (χ0v) is 19.8. The molecule has 2 aromatic carbocycles. The van der Waals surface area contributed by atoms with Gasteiger partial charge < -0.3 is 9.72 Å². The van der Waals surface area contributed by atoms with Crippen molar-refractivity contribution in [1.82, 2.24) is 15.4 Å². The molecule has 0 saturated carbocycles. The minimum absolute atomic E-state index is 0.154. The number of benzene rings is 2. The monoisotopic (exact) mass is 479 g/mol. The maximum atomic E-state index is 12.9. The van der Waals surface area contributed by atoms with Gasteiger partial charge in [0.2, 0.25) is 5.56 Å². The summed E-state index contributed by atoms with van der Waals surface area (Å²) in [6.45, 7) is 5.90. The lowest BCUT2D eigenvalue weighted by atomic mass is 10.1. The smallest absolute Gasteiger partial charge is 0.285 e. The van der Waals surface area contributed by atoms with Gasteiger partial charge in [0.25, 0.3) is 11.8 Å². The average molecular weight is 480 g/mol. The van der Waals surface area contributed by atoms with Crippen LogP contribution in [-0.4, -0.2) is 31.7 Å². The van der Waals surface area contributed by atoms with Gasteiger partial charge in [-0.05, 0) is 62.8 Å². The fourth-order valence-electron chi connectivity index (χ4n) is 3.26. The van der Waals surface area contributed by atoms with Gasteiger partial charge in [-0.15, -0.1) is 0 Å². The molecule has 0 atom stereocenters. The van der Waals surface area contributed by atoms with Gasteiger partial charge in [0, 0.05) is 17.0 Å². The second-order valence-electron chi connectivity index (χ2n) is 8.33. The first-order valence-electron chi connectivity index (χ1n) is 10.1. The lowest BCUT2D eigenvalue weighted by molar-refractivity contribution is -0.123. The van der Waals surface area contributed by atoms with E-state index in [2.05, 4.69) is 10.4 Å². The molecule has 7 nitrogen and oxygen atoms in total. The molecule has 3 aromatic rings. The molecule has 0 bridgehead atoms. The number of fused-ring (bicyclic) bond motifs is 1. The molecule has 2 amide bonds. The van der Waals surface area contributed by atoms with Crippen molar-refractivity contribution in [1.29, 1.82) is 0 Å². The number of aromatic nitrogens is 1. The van der Waals surface area contributed by atoms with Crippen molar-refractivity contribution in [3.05, 3.63) is 81.0 Å². The molecule has 0 spiro atoms. The number of carbonyl (C=O) groups excluding carboxylic acids is 2. The third-order valence-electron chi connectivity index (χ3n) is 4.60. The molecule has 0 radical (unpaired) electrons. The van der Waals surface area contributed by atoms with E-state index in [1.54, 1.807) is 30.3 Å². The van der Waals surface area contributed by atoms with Crippen LogP contribution in [0.2, 0.25) is 0 Å². The number of thioether (sulfide) groups is 1. The van der Waals surface area contributed by atoms with Crippen LogP contribution in [0.1, 0.15) is 36.7 Å². The summed E-state index contributed by atoms with van der Waals surface area (Å²) >= 11 is 6.40. The van der Waals surface area contributed by atoms with Crippen LogP contribution in [0.25, 0.3) is 17.0 Å². The largest absolute Gasteiger partial charge is 0.488 e. The Morgan fingerprint density at radius 2 is 1.82 bits per heavy atom. The summed E-state index contributed by atoms with van der Waals surface area (Å²) in [6, 6.07) is 15.5. The van der Waals surface area contributed by atoms with Crippen molar-refractivity contribution in [2.24, 2.45) is 0 Å². The molecule has 0 aliphatic carbocycles. The van der Waals surface area contributed by atoms with Crippen molar-refractivity contribution < 1.29 is 14.3 Å². The van der Waals surface area contributed by atoms with Crippen LogP contribution in [0.15, 0.2) is 64.3 Å². The predicted octanol–water partition coefficient (Wildman–Crippen LogP) is 4.25.